The third-order valence-electron chi connectivity index (χ3n) is 9.63. The average molecular weight is 629 g/mol. The summed E-state index contributed by atoms with van der Waals surface area (Å²) < 4.78 is 1.78. The van der Waals surface area contributed by atoms with Crippen molar-refractivity contribution >= 4 is 23.4 Å². The van der Waals surface area contributed by atoms with E-state index in [9.17, 15) is 14.9 Å². The fourth-order valence-electron chi connectivity index (χ4n) is 7.01. The van der Waals surface area contributed by atoms with E-state index in [2.05, 4.69) is 54.5 Å². The van der Waals surface area contributed by atoms with Crippen LogP contribution in [-0.2, 0) is 11.8 Å². The lowest BCUT2D eigenvalue weighted by molar-refractivity contribution is 0.0524. The Balaban J connectivity index is 1.07. The number of carbonyl (C=O) groups excluding carboxylic acids is 2. The second kappa shape index (κ2) is 13.1. The van der Waals surface area contributed by atoms with E-state index >= 15 is 0 Å². The molecular formula is C39H44N6O2. The van der Waals surface area contributed by atoms with Gasteiger partial charge in [-0.05, 0) is 99.4 Å². The number of piperidine rings is 1. The quantitative estimate of drug-likeness (QED) is 0.215. The summed E-state index contributed by atoms with van der Waals surface area (Å²) in [6, 6.07) is 28.1. The molecular weight excluding hydrogens is 584 g/mol. The van der Waals surface area contributed by atoms with Crippen LogP contribution in [0.2, 0.25) is 0 Å². The van der Waals surface area contributed by atoms with Gasteiger partial charge in [-0.15, -0.1) is 0 Å². The van der Waals surface area contributed by atoms with Crippen molar-refractivity contribution in [2.45, 2.75) is 90.1 Å². The van der Waals surface area contributed by atoms with E-state index in [1.54, 1.807) is 4.68 Å². The maximum atomic E-state index is 13.6. The van der Waals surface area contributed by atoms with Gasteiger partial charge in [0.15, 0.2) is 0 Å². The zero-order valence-electron chi connectivity index (χ0n) is 28.0. The molecule has 6 rings (SSSR count). The van der Waals surface area contributed by atoms with Gasteiger partial charge in [0.05, 0.1) is 23.4 Å². The number of aryl methyl sites for hydroxylation is 1. The second-order valence-electron chi connectivity index (χ2n) is 14.3. The van der Waals surface area contributed by atoms with Gasteiger partial charge in [-0.1, -0.05) is 62.7 Å². The van der Waals surface area contributed by atoms with E-state index in [-0.39, 0.29) is 35.4 Å². The van der Waals surface area contributed by atoms with Crippen LogP contribution in [0.1, 0.15) is 92.0 Å². The molecule has 4 aromatic rings. The predicted molar refractivity (Wildman–Crippen MR) is 186 cm³/mol. The number of fused-ring (bicyclic) bond motifs is 2. The molecule has 8 nitrogen and oxygen atoms in total. The van der Waals surface area contributed by atoms with Crippen molar-refractivity contribution in [3.63, 3.8) is 0 Å². The fraction of sp³-hybridized carbons (Fsp3) is 0.385. The molecule has 2 saturated heterocycles. The number of hydrogen-bond donors (Lipinski definition) is 2. The maximum absolute atomic E-state index is 13.6. The summed E-state index contributed by atoms with van der Waals surface area (Å²) in [6.07, 6.45) is 5.01. The molecule has 2 aliphatic rings. The highest BCUT2D eigenvalue weighted by Crippen LogP contribution is 2.41. The van der Waals surface area contributed by atoms with Crippen LogP contribution in [0.15, 0.2) is 78.9 Å². The molecule has 1 aromatic heterocycles. The fourth-order valence-corrected chi connectivity index (χ4v) is 7.01. The Labute approximate surface area is 277 Å². The molecule has 3 unspecified atom stereocenters. The van der Waals surface area contributed by atoms with Gasteiger partial charge in [-0.3, -0.25) is 10.1 Å². The summed E-state index contributed by atoms with van der Waals surface area (Å²) in [5, 5.41) is 20.1. The topological polar surface area (TPSA) is 103 Å². The van der Waals surface area contributed by atoms with Gasteiger partial charge in [0.2, 0.25) is 0 Å². The van der Waals surface area contributed by atoms with Crippen molar-refractivity contribution in [3.05, 3.63) is 107 Å². The van der Waals surface area contributed by atoms with Crippen LogP contribution in [0.3, 0.4) is 0 Å². The average Bonchev–Trinajstić information content (AvgIpc) is 3.59. The molecule has 0 saturated carbocycles. The van der Waals surface area contributed by atoms with Crippen LogP contribution in [0, 0.1) is 24.2 Å². The van der Waals surface area contributed by atoms with E-state index in [1.165, 1.54) is 5.56 Å². The van der Waals surface area contributed by atoms with Crippen LogP contribution in [0.5, 0.6) is 0 Å². The number of carbonyl (C=O) groups is 2. The van der Waals surface area contributed by atoms with Gasteiger partial charge in [0.1, 0.15) is 5.82 Å². The Kier molecular flexibility index (Phi) is 8.92. The number of amides is 3. The van der Waals surface area contributed by atoms with E-state index in [1.807, 2.05) is 80.6 Å². The SMILES string of the molecule is Cc1ccc(-n2nc(C(C)(C)C)cc2NC(=O)Nc2ccc(CC3CC4CCC(C3)N4C(=O)c3cccc(C(C)C#N)c3)cc2)cc1. The number of rotatable bonds is 7. The van der Waals surface area contributed by atoms with Crippen molar-refractivity contribution in [1.29, 1.82) is 5.26 Å². The largest absolute Gasteiger partial charge is 0.333 e. The number of aromatic nitrogens is 2. The first-order chi connectivity index (χ1) is 22.5. The molecule has 3 amide bonds. The van der Waals surface area contributed by atoms with Crippen LogP contribution in [0.25, 0.3) is 5.69 Å². The van der Waals surface area contributed by atoms with Crippen molar-refractivity contribution in [2.24, 2.45) is 5.92 Å². The Morgan fingerprint density at radius 1 is 0.957 bits per heavy atom. The number of benzene rings is 3. The zero-order valence-corrected chi connectivity index (χ0v) is 28.0. The summed E-state index contributed by atoms with van der Waals surface area (Å²) in [7, 11) is 0. The molecule has 47 heavy (non-hydrogen) atoms. The van der Waals surface area contributed by atoms with Gasteiger partial charge < -0.3 is 10.2 Å². The van der Waals surface area contributed by atoms with Crippen molar-refractivity contribution in [1.82, 2.24) is 14.7 Å². The minimum atomic E-state index is -0.326. The highest BCUT2D eigenvalue weighted by molar-refractivity contribution is 5.99. The lowest BCUT2D eigenvalue weighted by atomic mass is 9.85. The molecule has 0 radical (unpaired) electrons. The number of nitriles is 1. The number of nitrogens with zero attached hydrogens (tertiary/aromatic N) is 4. The van der Waals surface area contributed by atoms with Gasteiger partial charge >= 0.3 is 6.03 Å². The van der Waals surface area contributed by atoms with Crippen molar-refractivity contribution in [3.8, 4) is 11.8 Å². The summed E-state index contributed by atoms with van der Waals surface area (Å²) in [4.78, 5) is 28.8. The summed E-state index contributed by atoms with van der Waals surface area (Å²) >= 11 is 0. The first kappa shape index (κ1) is 32.1. The zero-order chi connectivity index (χ0) is 33.3. The smallest absolute Gasteiger partial charge is 0.324 e. The molecule has 3 aromatic carbocycles. The number of urea groups is 1. The van der Waals surface area contributed by atoms with E-state index in [0.29, 0.717) is 17.3 Å². The van der Waals surface area contributed by atoms with Gasteiger partial charge in [-0.25, -0.2) is 9.48 Å². The van der Waals surface area contributed by atoms with Gasteiger partial charge in [-0.2, -0.15) is 10.4 Å². The second-order valence-corrected chi connectivity index (χ2v) is 14.3. The predicted octanol–water partition coefficient (Wildman–Crippen LogP) is 8.38. The van der Waals surface area contributed by atoms with Crippen molar-refractivity contribution in [2.75, 3.05) is 10.6 Å². The molecule has 3 atom stereocenters. The minimum absolute atomic E-state index is 0.0909. The summed E-state index contributed by atoms with van der Waals surface area (Å²) in [5.41, 5.74) is 6.27. The minimum Gasteiger partial charge on any atom is -0.333 e. The normalized spacial score (nSPS) is 19.6. The Bertz CT molecular complexity index is 1780. The monoisotopic (exact) mass is 628 g/mol. The third-order valence-corrected chi connectivity index (χ3v) is 9.63. The molecule has 0 spiro atoms. The van der Waals surface area contributed by atoms with Crippen LogP contribution < -0.4 is 10.6 Å². The molecule has 3 heterocycles. The van der Waals surface area contributed by atoms with Gasteiger partial charge in [0, 0.05) is 34.8 Å². The molecule has 8 heteroatoms. The van der Waals surface area contributed by atoms with E-state index in [4.69, 9.17) is 5.10 Å². The Morgan fingerprint density at radius 2 is 1.64 bits per heavy atom. The van der Waals surface area contributed by atoms with Crippen LogP contribution in [0.4, 0.5) is 16.3 Å². The molecule has 242 valence electrons. The standard InChI is InChI=1S/C39H44N6O2/c1-25-9-15-32(16-10-25)45-36(23-35(43-45)39(3,4)5)42-38(47)41-31-13-11-27(12-14-31)19-28-20-33-17-18-34(21-28)44(33)37(46)30-8-6-7-29(22-30)26(2)24-40/h6-16,22-23,26,28,33-34H,17-21H2,1-5H3,(H2,41,42,47). The Morgan fingerprint density at radius 3 is 2.28 bits per heavy atom. The highest BCUT2D eigenvalue weighted by atomic mass is 16.2. The summed E-state index contributed by atoms with van der Waals surface area (Å²) in [6.45, 7) is 10.2. The van der Waals surface area contributed by atoms with Crippen LogP contribution >= 0.6 is 0 Å². The maximum Gasteiger partial charge on any atom is 0.324 e. The highest BCUT2D eigenvalue weighted by Gasteiger charge is 2.43. The molecule has 2 fully saturated rings. The number of hydrogen-bond acceptors (Lipinski definition) is 4. The lowest BCUT2D eigenvalue weighted by Gasteiger charge is -2.39. The molecule has 0 aliphatic carbocycles. The molecule has 2 bridgehead atoms. The van der Waals surface area contributed by atoms with Crippen LogP contribution in [-0.4, -0.2) is 38.7 Å². The number of nitrogens with one attached hydrogen (secondary N) is 2. The molecule has 2 aliphatic heterocycles. The third kappa shape index (κ3) is 7.10. The van der Waals surface area contributed by atoms with Crippen molar-refractivity contribution < 1.29 is 9.59 Å². The first-order valence-corrected chi connectivity index (χ1v) is 16.7. The molecule has 2 N–H and O–H groups in total. The van der Waals surface area contributed by atoms with Gasteiger partial charge in [0.25, 0.3) is 5.91 Å². The van der Waals surface area contributed by atoms with E-state index < -0.39 is 0 Å². The van der Waals surface area contributed by atoms with E-state index in [0.717, 1.165) is 60.3 Å². The Hall–Kier alpha value is -4.90. The number of anilines is 2. The first-order valence-electron chi connectivity index (χ1n) is 16.7. The summed E-state index contributed by atoms with van der Waals surface area (Å²) in [5.74, 6) is 0.962. The lowest BCUT2D eigenvalue weighted by Crippen LogP contribution is -2.46.